The third-order valence-electron chi connectivity index (χ3n) is 4.82. The molecule has 0 radical (unpaired) electrons. The molecule has 2 fully saturated rings. The fraction of sp³-hybridized carbons (Fsp3) is 0.238. The minimum Gasteiger partial charge on any atom is -0.372 e. The van der Waals surface area contributed by atoms with E-state index in [4.69, 9.17) is 0 Å². The number of nitrogens with one attached hydrogen (secondary N) is 1. The lowest BCUT2D eigenvalue weighted by Gasteiger charge is -2.17. The van der Waals surface area contributed by atoms with E-state index in [0.29, 0.717) is 5.70 Å². The monoisotopic (exact) mass is 347 g/mol. The van der Waals surface area contributed by atoms with E-state index in [1.54, 1.807) is 6.08 Å². The van der Waals surface area contributed by atoms with Crippen molar-refractivity contribution in [2.24, 2.45) is 0 Å². The van der Waals surface area contributed by atoms with Gasteiger partial charge in [0.1, 0.15) is 5.70 Å². The van der Waals surface area contributed by atoms with Gasteiger partial charge in [0.2, 0.25) is 0 Å². The summed E-state index contributed by atoms with van der Waals surface area (Å²) in [6.07, 6.45) is 4.21. The van der Waals surface area contributed by atoms with Crippen LogP contribution in [-0.4, -0.2) is 29.9 Å². The molecule has 26 heavy (non-hydrogen) atoms. The number of hydrogen-bond acceptors (Lipinski definition) is 3. The number of benzene rings is 2. The molecule has 0 aliphatic carbocycles. The Bertz CT molecular complexity index is 837. The lowest BCUT2D eigenvalue weighted by atomic mass is 10.1. The molecule has 2 heterocycles. The maximum atomic E-state index is 12.6. The van der Waals surface area contributed by atoms with Crippen molar-refractivity contribution in [3.63, 3.8) is 0 Å². The van der Waals surface area contributed by atoms with Crippen LogP contribution in [0.1, 0.15) is 24.0 Å². The van der Waals surface area contributed by atoms with Crippen LogP contribution < -0.4 is 10.2 Å². The lowest BCUT2D eigenvalue weighted by molar-refractivity contribution is -0.123. The minimum absolute atomic E-state index is 0.275. The van der Waals surface area contributed by atoms with Gasteiger partial charge in [0.05, 0.1) is 6.54 Å². The SMILES string of the molecule is O=C1N/C(=C\c2ccc(N3CCCC3)cc2)C(=O)N1Cc1ccccc1. The van der Waals surface area contributed by atoms with Crippen molar-refractivity contribution in [1.82, 2.24) is 10.2 Å². The average Bonchev–Trinajstić information content (AvgIpc) is 3.28. The summed E-state index contributed by atoms with van der Waals surface area (Å²) < 4.78 is 0. The number of hydrogen-bond donors (Lipinski definition) is 1. The zero-order chi connectivity index (χ0) is 17.9. The first-order valence-electron chi connectivity index (χ1n) is 8.94. The van der Waals surface area contributed by atoms with Gasteiger partial charge >= 0.3 is 6.03 Å². The molecule has 2 aliphatic heterocycles. The molecule has 3 amide bonds. The van der Waals surface area contributed by atoms with E-state index in [2.05, 4.69) is 22.3 Å². The second-order valence-corrected chi connectivity index (χ2v) is 6.65. The summed E-state index contributed by atoms with van der Waals surface area (Å²) >= 11 is 0. The summed E-state index contributed by atoms with van der Waals surface area (Å²) in [5.41, 5.74) is 3.35. The lowest BCUT2D eigenvalue weighted by Crippen LogP contribution is -2.30. The van der Waals surface area contributed by atoms with Gasteiger partial charge in [-0.25, -0.2) is 4.79 Å². The van der Waals surface area contributed by atoms with E-state index >= 15 is 0 Å². The average molecular weight is 347 g/mol. The van der Waals surface area contributed by atoms with E-state index in [1.165, 1.54) is 23.4 Å². The summed E-state index contributed by atoms with van der Waals surface area (Å²) in [6, 6.07) is 17.2. The zero-order valence-corrected chi connectivity index (χ0v) is 14.5. The molecule has 0 bridgehead atoms. The van der Waals surface area contributed by atoms with Gasteiger partial charge in [-0.15, -0.1) is 0 Å². The number of anilines is 1. The molecule has 0 atom stereocenters. The molecule has 5 nitrogen and oxygen atoms in total. The number of amides is 3. The Hall–Kier alpha value is -3.08. The highest BCUT2D eigenvalue weighted by Gasteiger charge is 2.33. The molecule has 0 aromatic heterocycles. The van der Waals surface area contributed by atoms with Gasteiger partial charge in [-0.3, -0.25) is 9.69 Å². The van der Waals surface area contributed by atoms with Gasteiger partial charge in [-0.05, 0) is 42.2 Å². The quantitative estimate of drug-likeness (QED) is 0.681. The van der Waals surface area contributed by atoms with Crippen LogP contribution in [0.2, 0.25) is 0 Å². The van der Waals surface area contributed by atoms with E-state index in [1.807, 2.05) is 42.5 Å². The topological polar surface area (TPSA) is 52.7 Å². The first kappa shape index (κ1) is 16.4. The second kappa shape index (κ2) is 7.04. The van der Waals surface area contributed by atoms with Gasteiger partial charge in [0.25, 0.3) is 5.91 Å². The van der Waals surface area contributed by atoms with Gasteiger partial charge in [0, 0.05) is 18.8 Å². The maximum Gasteiger partial charge on any atom is 0.329 e. The molecule has 4 rings (SSSR count). The molecule has 2 aliphatic rings. The van der Waals surface area contributed by atoms with Gasteiger partial charge in [0.15, 0.2) is 0 Å². The van der Waals surface area contributed by atoms with Crippen molar-refractivity contribution in [2.75, 3.05) is 18.0 Å². The Labute approximate surface area is 152 Å². The van der Waals surface area contributed by atoms with Gasteiger partial charge in [-0.1, -0.05) is 42.5 Å². The van der Waals surface area contributed by atoms with Crippen LogP contribution in [-0.2, 0) is 11.3 Å². The Kier molecular flexibility index (Phi) is 4.44. The number of nitrogens with zero attached hydrogens (tertiary/aromatic N) is 2. The molecular weight excluding hydrogens is 326 g/mol. The molecule has 0 saturated carbocycles. The van der Waals surface area contributed by atoms with Crippen LogP contribution in [0, 0.1) is 0 Å². The Morgan fingerprint density at radius 2 is 1.62 bits per heavy atom. The van der Waals surface area contributed by atoms with Crippen LogP contribution in [0.3, 0.4) is 0 Å². The van der Waals surface area contributed by atoms with Crippen LogP contribution in [0.25, 0.3) is 6.08 Å². The van der Waals surface area contributed by atoms with Crippen molar-refractivity contribution in [3.05, 3.63) is 71.4 Å². The molecule has 1 N–H and O–H groups in total. The highest BCUT2D eigenvalue weighted by molar-refractivity contribution is 6.13. The first-order valence-corrected chi connectivity index (χ1v) is 8.94. The maximum absolute atomic E-state index is 12.6. The standard InChI is InChI=1S/C21H21N3O2/c25-20-19(22-21(26)24(20)15-17-6-2-1-3-7-17)14-16-8-10-18(11-9-16)23-12-4-5-13-23/h1-3,6-11,14H,4-5,12-13,15H2,(H,22,26)/b19-14-. The van der Waals surface area contributed by atoms with Gasteiger partial charge in [-0.2, -0.15) is 0 Å². The normalized spacial score (nSPS) is 18.7. The van der Waals surface area contributed by atoms with E-state index in [0.717, 1.165) is 24.2 Å². The van der Waals surface area contributed by atoms with Crippen molar-refractivity contribution in [3.8, 4) is 0 Å². The number of urea groups is 1. The van der Waals surface area contributed by atoms with Crippen molar-refractivity contribution in [2.45, 2.75) is 19.4 Å². The van der Waals surface area contributed by atoms with Crippen LogP contribution >= 0.6 is 0 Å². The van der Waals surface area contributed by atoms with Crippen molar-refractivity contribution >= 4 is 23.7 Å². The molecule has 2 aromatic carbocycles. The summed E-state index contributed by atoms with van der Waals surface area (Å²) in [5.74, 6) is -0.289. The molecule has 5 heteroatoms. The molecule has 2 aromatic rings. The largest absolute Gasteiger partial charge is 0.372 e. The summed E-state index contributed by atoms with van der Waals surface area (Å²) in [6.45, 7) is 2.48. The number of carbonyl (C=O) groups is 2. The summed E-state index contributed by atoms with van der Waals surface area (Å²) in [5, 5.41) is 2.68. The first-order chi connectivity index (χ1) is 12.7. The smallest absolute Gasteiger partial charge is 0.329 e. The zero-order valence-electron chi connectivity index (χ0n) is 14.5. The highest BCUT2D eigenvalue weighted by Crippen LogP contribution is 2.22. The van der Waals surface area contributed by atoms with E-state index in [-0.39, 0.29) is 18.5 Å². The minimum atomic E-state index is -0.376. The predicted octanol–water partition coefficient (Wildman–Crippen LogP) is 3.38. The van der Waals surface area contributed by atoms with Crippen molar-refractivity contribution < 1.29 is 9.59 Å². The fourth-order valence-electron chi connectivity index (χ4n) is 3.40. The van der Waals surface area contributed by atoms with Crippen molar-refractivity contribution in [1.29, 1.82) is 0 Å². The van der Waals surface area contributed by atoms with Crippen LogP contribution in [0.4, 0.5) is 10.5 Å². The Balaban J connectivity index is 1.49. The number of rotatable bonds is 4. The summed E-state index contributed by atoms with van der Waals surface area (Å²) in [7, 11) is 0. The fourth-order valence-corrected chi connectivity index (χ4v) is 3.40. The second-order valence-electron chi connectivity index (χ2n) is 6.65. The third-order valence-corrected chi connectivity index (χ3v) is 4.82. The Morgan fingerprint density at radius 3 is 2.31 bits per heavy atom. The summed E-state index contributed by atoms with van der Waals surface area (Å²) in [4.78, 5) is 28.3. The molecule has 132 valence electrons. The third kappa shape index (κ3) is 3.33. The van der Waals surface area contributed by atoms with Gasteiger partial charge < -0.3 is 10.2 Å². The predicted molar refractivity (Wildman–Crippen MR) is 101 cm³/mol. The molecule has 0 spiro atoms. The molecular formula is C21H21N3O2. The van der Waals surface area contributed by atoms with Crippen LogP contribution in [0.5, 0.6) is 0 Å². The Morgan fingerprint density at radius 1 is 0.923 bits per heavy atom. The molecule has 0 unspecified atom stereocenters. The number of imide groups is 1. The van der Waals surface area contributed by atoms with E-state index < -0.39 is 0 Å². The molecule has 2 saturated heterocycles. The van der Waals surface area contributed by atoms with Crippen LogP contribution in [0.15, 0.2) is 60.3 Å². The number of carbonyl (C=O) groups excluding carboxylic acids is 2. The van der Waals surface area contributed by atoms with E-state index in [9.17, 15) is 9.59 Å². The highest BCUT2D eigenvalue weighted by atomic mass is 16.2.